The topological polar surface area (TPSA) is 72.3 Å². The molecule has 102 valence electrons. The number of benzene rings is 1. The fraction of sp³-hybridized carbons (Fsp3) is 0.214. The Morgan fingerprint density at radius 3 is 2.75 bits per heavy atom. The molecule has 0 aliphatic rings. The number of H-pyrrole nitrogens is 1. The highest BCUT2D eigenvalue weighted by molar-refractivity contribution is 5.64. The lowest BCUT2D eigenvalue weighted by Crippen LogP contribution is -2.15. The van der Waals surface area contributed by atoms with Crippen molar-refractivity contribution in [2.75, 3.05) is 7.11 Å². The smallest absolute Gasteiger partial charge is 0.277 e. The third-order valence-corrected chi connectivity index (χ3v) is 3.20. The first-order valence-electron chi connectivity index (χ1n) is 6.21. The van der Waals surface area contributed by atoms with Gasteiger partial charge in [-0.3, -0.25) is 4.79 Å². The number of ether oxygens (including phenoxy) is 1. The first-order chi connectivity index (χ1) is 9.61. The summed E-state index contributed by atoms with van der Waals surface area (Å²) in [6.07, 6.45) is 0. The van der Waals surface area contributed by atoms with Crippen LogP contribution in [0.4, 0.5) is 0 Å². The van der Waals surface area contributed by atoms with Crippen LogP contribution in [0.25, 0.3) is 16.9 Å². The van der Waals surface area contributed by atoms with E-state index in [-0.39, 0.29) is 5.56 Å². The molecule has 0 aliphatic heterocycles. The summed E-state index contributed by atoms with van der Waals surface area (Å²) in [6, 6.07) is 7.41. The van der Waals surface area contributed by atoms with Gasteiger partial charge in [0.05, 0.1) is 18.4 Å². The Balaban J connectivity index is 2.33. The Labute approximate surface area is 115 Å². The molecule has 0 saturated heterocycles. The third-order valence-electron chi connectivity index (χ3n) is 3.20. The Bertz CT molecular complexity index is 848. The van der Waals surface area contributed by atoms with Crippen molar-refractivity contribution in [1.29, 1.82) is 0 Å². The van der Waals surface area contributed by atoms with Crippen LogP contribution in [0.15, 0.2) is 29.1 Å². The van der Waals surface area contributed by atoms with Gasteiger partial charge in [0, 0.05) is 0 Å². The fourth-order valence-electron chi connectivity index (χ4n) is 2.29. The Kier molecular flexibility index (Phi) is 2.78. The molecule has 0 radical (unpaired) electrons. The van der Waals surface area contributed by atoms with Crippen molar-refractivity contribution in [1.82, 2.24) is 19.6 Å². The molecule has 3 aromatic rings. The lowest BCUT2D eigenvalue weighted by molar-refractivity contribution is 0.416. The molecule has 1 N–H and O–H groups in total. The van der Waals surface area contributed by atoms with E-state index in [4.69, 9.17) is 4.74 Å². The quantitative estimate of drug-likeness (QED) is 0.769. The zero-order chi connectivity index (χ0) is 14.3. The molecule has 6 heteroatoms. The Morgan fingerprint density at radius 2 is 2.00 bits per heavy atom. The van der Waals surface area contributed by atoms with Crippen LogP contribution in [0, 0.1) is 13.8 Å². The summed E-state index contributed by atoms with van der Waals surface area (Å²) in [4.78, 5) is 19.3. The van der Waals surface area contributed by atoms with Crippen molar-refractivity contribution in [2.45, 2.75) is 13.8 Å². The molecule has 0 saturated carbocycles. The van der Waals surface area contributed by atoms with Crippen LogP contribution < -0.4 is 10.3 Å². The molecular formula is C14H14N4O2. The van der Waals surface area contributed by atoms with Crippen molar-refractivity contribution in [2.24, 2.45) is 0 Å². The molecule has 0 unspecified atom stereocenters. The van der Waals surface area contributed by atoms with Crippen LogP contribution >= 0.6 is 0 Å². The number of hydrogen-bond acceptors (Lipinski definition) is 4. The van der Waals surface area contributed by atoms with Gasteiger partial charge in [0.25, 0.3) is 5.56 Å². The van der Waals surface area contributed by atoms with Crippen LogP contribution in [0.2, 0.25) is 0 Å². The SMILES string of the molecule is COc1ccccc1-c1nn2c(C)nc(C)c2c(=O)[nH]1. The minimum atomic E-state index is -0.209. The van der Waals surface area contributed by atoms with E-state index in [0.29, 0.717) is 28.6 Å². The van der Waals surface area contributed by atoms with Crippen molar-refractivity contribution in [3.05, 3.63) is 46.1 Å². The second kappa shape index (κ2) is 4.48. The number of aromatic amines is 1. The van der Waals surface area contributed by atoms with Gasteiger partial charge in [-0.05, 0) is 26.0 Å². The average Bonchev–Trinajstić information content (AvgIpc) is 2.74. The van der Waals surface area contributed by atoms with Crippen LogP contribution in [-0.2, 0) is 0 Å². The van der Waals surface area contributed by atoms with Crippen molar-refractivity contribution in [3.8, 4) is 17.1 Å². The van der Waals surface area contributed by atoms with E-state index in [2.05, 4.69) is 15.1 Å². The van der Waals surface area contributed by atoms with Crippen molar-refractivity contribution < 1.29 is 4.74 Å². The second-order valence-corrected chi connectivity index (χ2v) is 4.51. The fourth-order valence-corrected chi connectivity index (χ4v) is 2.29. The normalized spacial score (nSPS) is 10.9. The summed E-state index contributed by atoms with van der Waals surface area (Å²) in [6.45, 7) is 3.61. The van der Waals surface area contributed by atoms with Gasteiger partial charge in [0.1, 0.15) is 11.6 Å². The van der Waals surface area contributed by atoms with Gasteiger partial charge in [0.2, 0.25) is 0 Å². The summed E-state index contributed by atoms with van der Waals surface area (Å²) in [5.74, 6) is 1.80. The van der Waals surface area contributed by atoms with Gasteiger partial charge < -0.3 is 9.72 Å². The number of fused-ring (bicyclic) bond motifs is 1. The van der Waals surface area contributed by atoms with E-state index >= 15 is 0 Å². The molecule has 2 aromatic heterocycles. The molecule has 6 nitrogen and oxygen atoms in total. The number of rotatable bonds is 2. The second-order valence-electron chi connectivity index (χ2n) is 4.51. The van der Waals surface area contributed by atoms with Crippen LogP contribution in [0.3, 0.4) is 0 Å². The highest BCUT2D eigenvalue weighted by atomic mass is 16.5. The zero-order valence-corrected chi connectivity index (χ0v) is 11.5. The predicted molar refractivity (Wildman–Crippen MR) is 75.1 cm³/mol. The van der Waals surface area contributed by atoms with E-state index in [1.165, 1.54) is 0 Å². The van der Waals surface area contributed by atoms with E-state index in [0.717, 1.165) is 5.56 Å². The highest BCUT2D eigenvalue weighted by Gasteiger charge is 2.14. The number of nitrogens with one attached hydrogen (secondary N) is 1. The predicted octanol–water partition coefficient (Wildman–Crippen LogP) is 1.71. The molecule has 0 spiro atoms. The number of hydrogen-bond donors (Lipinski definition) is 1. The van der Waals surface area contributed by atoms with Gasteiger partial charge in [-0.2, -0.15) is 0 Å². The number of methoxy groups -OCH3 is 1. The van der Waals surface area contributed by atoms with Gasteiger partial charge in [-0.25, -0.2) is 9.50 Å². The highest BCUT2D eigenvalue weighted by Crippen LogP contribution is 2.26. The van der Waals surface area contributed by atoms with Crippen LogP contribution in [0.1, 0.15) is 11.5 Å². The molecule has 0 amide bonds. The van der Waals surface area contributed by atoms with Gasteiger partial charge in [-0.15, -0.1) is 5.10 Å². The molecule has 0 fully saturated rings. The maximum Gasteiger partial charge on any atom is 0.277 e. The van der Waals surface area contributed by atoms with E-state index in [9.17, 15) is 4.79 Å². The summed E-state index contributed by atoms with van der Waals surface area (Å²) in [5, 5.41) is 4.45. The largest absolute Gasteiger partial charge is 0.496 e. The summed E-state index contributed by atoms with van der Waals surface area (Å²) < 4.78 is 6.87. The maximum atomic E-state index is 12.2. The summed E-state index contributed by atoms with van der Waals surface area (Å²) in [7, 11) is 1.59. The number of aromatic nitrogens is 4. The number of aryl methyl sites for hydroxylation is 2. The summed E-state index contributed by atoms with van der Waals surface area (Å²) in [5.41, 5.74) is 1.67. The number of nitrogens with zero attached hydrogens (tertiary/aromatic N) is 3. The van der Waals surface area contributed by atoms with Crippen LogP contribution in [-0.4, -0.2) is 26.7 Å². The van der Waals surface area contributed by atoms with Gasteiger partial charge in [0.15, 0.2) is 11.3 Å². The minimum absolute atomic E-state index is 0.209. The van der Waals surface area contributed by atoms with Crippen molar-refractivity contribution in [3.63, 3.8) is 0 Å². The molecule has 0 aliphatic carbocycles. The first-order valence-corrected chi connectivity index (χ1v) is 6.21. The number of imidazole rings is 1. The molecule has 1 aromatic carbocycles. The molecule has 0 atom stereocenters. The van der Waals surface area contributed by atoms with E-state index in [1.54, 1.807) is 18.5 Å². The lowest BCUT2D eigenvalue weighted by Gasteiger charge is -2.07. The lowest BCUT2D eigenvalue weighted by atomic mass is 10.2. The summed E-state index contributed by atoms with van der Waals surface area (Å²) >= 11 is 0. The van der Waals surface area contributed by atoms with E-state index < -0.39 is 0 Å². The van der Waals surface area contributed by atoms with Gasteiger partial charge in [-0.1, -0.05) is 12.1 Å². The molecule has 3 rings (SSSR count). The molecule has 2 heterocycles. The van der Waals surface area contributed by atoms with Crippen LogP contribution in [0.5, 0.6) is 5.75 Å². The number of para-hydroxylation sites is 1. The molecule has 0 bridgehead atoms. The third kappa shape index (κ3) is 1.77. The average molecular weight is 270 g/mol. The maximum absolute atomic E-state index is 12.2. The molecular weight excluding hydrogens is 256 g/mol. The Morgan fingerprint density at radius 1 is 1.25 bits per heavy atom. The minimum Gasteiger partial charge on any atom is -0.496 e. The Hall–Kier alpha value is -2.63. The first kappa shape index (κ1) is 12.4. The monoisotopic (exact) mass is 270 g/mol. The standard InChI is InChI=1S/C14H14N4O2/c1-8-12-14(19)16-13(17-18(12)9(2)15-8)10-6-4-5-7-11(10)20-3/h4-7H,1-3H3,(H,16,17,19). The zero-order valence-electron chi connectivity index (χ0n) is 11.5. The molecule has 20 heavy (non-hydrogen) atoms. The van der Waals surface area contributed by atoms with Crippen molar-refractivity contribution >= 4 is 5.52 Å². The van der Waals surface area contributed by atoms with Gasteiger partial charge >= 0.3 is 0 Å². The van der Waals surface area contributed by atoms with E-state index in [1.807, 2.05) is 31.2 Å².